The highest BCUT2D eigenvalue weighted by atomic mass is 32.2. The fourth-order valence-corrected chi connectivity index (χ4v) is 4.87. The minimum absolute atomic E-state index is 0.175. The Balaban J connectivity index is 1.77. The standard InChI is InChI=1S/C20H20N2O7S3/c1-10(23)28-8-12-9-32-18-13(17(25)22(18)14(12)19(26)27)21-16(24)15(29-20(30)31-2)11-6-4-3-5-7-11/h3-7,13,15,18H,8-9H2,1-2H3,(H,21,24)(H,26,27). The topological polar surface area (TPSA) is 122 Å². The molecule has 0 spiro atoms. The minimum atomic E-state index is -1.30. The summed E-state index contributed by atoms with van der Waals surface area (Å²) in [5.41, 5.74) is 0.670. The Bertz CT molecular complexity index is 983. The highest BCUT2D eigenvalue weighted by Crippen LogP contribution is 2.40. The van der Waals surface area contributed by atoms with Gasteiger partial charge in [-0.15, -0.1) is 11.8 Å². The van der Waals surface area contributed by atoms with Crippen LogP contribution in [-0.2, 0) is 28.7 Å². The molecule has 0 aliphatic carbocycles. The average molecular weight is 497 g/mol. The lowest BCUT2D eigenvalue weighted by Crippen LogP contribution is -2.71. The van der Waals surface area contributed by atoms with Gasteiger partial charge in [0, 0.05) is 23.8 Å². The van der Waals surface area contributed by atoms with E-state index in [1.54, 1.807) is 36.6 Å². The molecule has 0 aromatic heterocycles. The molecule has 3 rings (SSSR count). The molecule has 0 bridgehead atoms. The number of rotatable bonds is 7. The molecule has 170 valence electrons. The molecule has 3 unspecified atom stereocenters. The Kier molecular flexibility index (Phi) is 7.80. The third-order valence-electron chi connectivity index (χ3n) is 4.72. The van der Waals surface area contributed by atoms with Crippen LogP contribution in [0.2, 0.25) is 0 Å². The summed E-state index contributed by atoms with van der Waals surface area (Å²) in [7, 11) is 0. The minimum Gasteiger partial charge on any atom is -0.477 e. The average Bonchev–Trinajstić information content (AvgIpc) is 2.78. The number of aliphatic carboxylic acids is 1. The number of hydrogen-bond donors (Lipinski definition) is 2. The zero-order chi connectivity index (χ0) is 23.4. The van der Waals surface area contributed by atoms with Crippen LogP contribution in [0, 0.1) is 0 Å². The maximum absolute atomic E-state index is 13.0. The number of nitrogens with one attached hydrogen (secondary N) is 1. The van der Waals surface area contributed by atoms with Crippen LogP contribution in [0.3, 0.4) is 0 Å². The number of hydrogen-bond acceptors (Lipinski definition) is 9. The molecular weight excluding hydrogens is 476 g/mol. The Labute approximate surface area is 197 Å². The molecule has 2 aliphatic rings. The predicted molar refractivity (Wildman–Crippen MR) is 123 cm³/mol. The van der Waals surface area contributed by atoms with Gasteiger partial charge in [0.2, 0.25) is 10.5 Å². The van der Waals surface area contributed by atoms with Crippen molar-refractivity contribution in [3.05, 3.63) is 47.2 Å². The van der Waals surface area contributed by atoms with Crippen LogP contribution in [0.4, 0.5) is 0 Å². The van der Waals surface area contributed by atoms with Crippen molar-refractivity contribution in [2.75, 3.05) is 18.6 Å². The number of carbonyl (C=O) groups excluding carboxylic acids is 3. The first kappa shape index (κ1) is 24.1. The lowest BCUT2D eigenvalue weighted by atomic mass is 10.0. The van der Waals surface area contributed by atoms with Gasteiger partial charge < -0.3 is 19.9 Å². The monoisotopic (exact) mass is 496 g/mol. The molecule has 3 atom stereocenters. The fraction of sp³-hybridized carbons (Fsp3) is 0.350. The van der Waals surface area contributed by atoms with Crippen LogP contribution in [0.15, 0.2) is 41.6 Å². The number of thioether (sulfide) groups is 2. The van der Waals surface area contributed by atoms with Crippen molar-refractivity contribution in [1.29, 1.82) is 0 Å². The molecule has 2 N–H and O–H groups in total. The summed E-state index contributed by atoms with van der Waals surface area (Å²) in [6, 6.07) is 7.81. The van der Waals surface area contributed by atoms with Gasteiger partial charge in [-0.05, 0) is 18.5 Å². The summed E-state index contributed by atoms with van der Waals surface area (Å²) in [6.07, 6.45) is 0.669. The molecule has 2 amide bonds. The number of carbonyl (C=O) groups is 4. The molecule has 1 aromatic rings. The smallest absolute Gasteiger partial charge is 0.352 e. The van der Waals surface area contributed by atoms with Gasteiger partial charge in [-0.2, -0.15) is 0 Å². The number of ether oxygens (including phenoxy) is 2. The zero-order valence-electron chi connectivity index (χ0n) is 17.1. The summed E-state index contributed by atoms with van der Waals surface area (Å²) >= 11 is 7.55. The second-order valence-electron chi connectivity index (χ2n) is 6.80. The van der Waals surface area contributed by atoms with E-state index in [1.807, 2.05) is 0 Å². The van der Waals surface area contributed by atoms with Gasteiger partial charge in [-0.25, -0.2) is 4.79 Å². The molecule has 9 nitrogen and oxygen atoms in total. The number of carboxylic acids is 1. The highest BCUT2D eigenvalue weighted by molar-refractivity contribution is 8.22. The van der Waals surface area contributed by atoms with Crippen LogP contribution in [0.5, 0.6) is 0 Å². The van der Waals surface area contributed by atoms with E-state index < -0.39 is 41.3 Å². The van der Waals surface area contributed by atoms with Crippen molar-refractivity contribution >= 4 is 63.9 Å². The summed E-state index contributed by atoms with van der Waals surface area (Å²) < 4.78 is 10.7. The summed E-state index contributed by atoms with van der Waals surface area (Å²) in [6.45, 7) is 1.00. The van der Waals surface area contributed by atoms with Gasteiger partial charge in [0.1, 0.15) is 23.7 Å². The predicted octanol–water partition coefficient (Wildman–Crippen LogP) is 1.69. The molecule has 1 saturated heterocycles. The lowest BCUT2D eigenvalue weighted by molar-refractivity contribution is -0.151. The van der Waals surface area contributed by atoms with E-state index in [9.17, 15) is 24.3 Å². The van der Waals surface area contributed by atoms with E-state index in [1.165, 1.54) is 30.4 Å². The number of amides is 2. The number of fused-ring (bicyclic) bond motifs is 1. The highest BCUT2D eigenvalue weighted by Gasteiger charge is 2.54. The molecule has 2 heterocycles. The maximum atomic E-state index is 13.0. The van der Waals surface area contributed by atoms with Crippen molar-refractivity contribution in [2.45, 2.75) is 24.4 Å². The molecule has 32 heavy (non-hydrogen) atoms. The quantitative estimate of drug-likeness (QED) is 0.328. The van der Waals surface area contributed by atoms with Crippen molar-refractivity contribution in [1.82, 2.24) is 10.2 Å². The third-order valence-corrected chi connectivity index (χ3v) is 7.08. The van der Waals surface area contributed by atoms with Gasteiger partial charge >= 0.3 is 11.9 Å². The van der Waals surface area contributed by atoms with Crippen LogP contribution in [0.25, 0.3) is 0 Å². The lowest BCUT2D eigenvalue weighted by Gasteiger charge is -2.49. The number of β-lactam (4-membered cyclic amide) rings is 1. The second kappa shape index (κ2) is 10.4. The number of esters is 1. The number of thiocarbonyl (C=S) groups is 1. The normalized spacial score (nSPS) is 20.6. The van der Waals surface area contributed by atoms with Gasteiger partial charge in [0.25, 0.3) is 11.8 Å². The number of carboxylic acid groups (broad SMARTS) is 1. The second-order valence-corrected chi connectivity index (χ2v) is 9.31. The van der Waals surface area contributed by atoms with Crippen LogP contribution < -0.4 is 5.32 Å². The Morgan fingerprint density at radius 1 is 1.34 bits per heavy atom. The summed E-state index contributed by atoms with van der Waals surface area (Å²) in [5.74, 6) is -2.73. The first-order chi connectivity index (χ1) is 15.2. The first-order valence-corrected chi connectivity index (χ1v) is 12.1. The van der Waals surface area contributed by atoms with E-state index in [-0.39, 0.29) is 22.4 Å². The largest absolute Gasteiger partial charge is 0.477 e. The van der Waals surface area contributed by atoms with Crippen molar-refractivity contribution < 1.29 is 33.8 Å². The molecule has 2 aliphatic heterocycles. The number of nitrogens with zero attached hydrogens (tertiary/aromatic N) is 1. The molecule has 1 fully saturated rings. The van der Waals surface area contributed by atoms with Crippen LogP contribution in [-0.4, -0.2) is 68.2 Å². The van der Waals surface area contributed by atoms with Gasteiger partial charge in [-0.3, -0.25) is 19.3 Å². The van der Waals surface area contributed by atoms with Gasteiger partial charge in [-0.1, -0.05) is 42.1 Å². The zero-order valence-corrected chi connectivity index (χ0v) is 19.6. The molecule has 0 radical (unpaired) electrons. The van der Waals surface area contributed by atoms with Crippen molar-refractivity contribution in [2.24, 2.45) is 0 Å². The van der Waals surface area contributed by atoms with Gasteiger partial charge in [0.05, 0.1) is 0 Å². The Hall–Kier alpha value is -2.57. The summed E-state index contributed by atoms with van der Waals surface area (Å²) in [4.78, 5) is 49.8. The molecular formula is C20H20N2O7S3. The van der Waals surface area contributed by atoms with E-state index >= 15 is 0 Å². The number of benzene rings is 1. The fourth-order valence-electron chi connectivity index (χ4n) is 3.26. The first-order valence-electron chi connectivity index (χ1n) is 9.37. The van der Waals surface area contributed by atoms with Crippen molar-refractivity contribution in [3.63, 3.8) is 0 Å². The van der Waals surface area contributed by atoms with E-state index in [4.69, 9.17) is 21.7 Å². The van der Waals surface area contributed by atoms with E-state index in [0.29, 0.717) is 11.1 Å². The summed E-state index contributed by atoms with van der Waals surface area (Å²) in [5, 5.41) is 11.7. The van der Waals surface area contributed by atoms with Gasteiger partial charge in [0.15, 0.2) is 0 Å². The van der Waals surface area contributed by atoms with E-state index in [0.717, 1.165) is 4.90 Å². The Morgan fingerprint density at radius 3 is 2.62 bits per heavy atom. The van der Waals surface area contributed by atoms with Crippen LogP contribution >= 0.6 is 35.7 Å². The third kappa shape index (κ3) is 5.08. The molecule has 0 saturated carbocycles. The SMILES string of the molecule is CSC(=S)OC(C(=O)NC1C(=O)N2C(C(=O)O)=C(COC(C)=O)CSC12)c1ccccc1. The maximum Gasteiger partial charge on any atom is 0.352 e. The van der Waals surface area contributed by atoms with Crippen LogP contribution in [0.1, 0.15) is 18.6 Å². The Morgan fingerprint density at radius 2 is 2.03 bits per heavy atom. The van der Waals surface area contributed by atoms with Crippen molar-refractivity contribution in [3.8, 4) is 0 Å². The molecule has 1 aromatic carbocycles. The molecule has 12 heteroatoms. The van der Waals surface area contributed by atoms with E-state index in [2.05, 4.69) is 5.32 Å².